The Hall–Kier alpha value is -2.04. The number of hydrogen-bond donors (Lipinski definition) is 2. The molecule has 5 heteroatoms. The monoisotopic (exact) mass is 251 g/mol. The van der Waals surface area contributed by atoms with E-state index in [1.165, 1.54) is 18.2 Å². The number of aromatic hydroxyl groups is 1. The van der Waals surface area contributed by atoms with Crippen molar-refractivity contribution in [2.45, 2.75) is 20.8 Å². The van der Waals surface area contributed by atoms with Gasteiger partial charge in [0, 0.05) is 11.6 Å². The Balaban J connectivity index is 2.93. The van der Waals surface area contributed by atoms with Gasteiger partial charge >= 0.3 is 5.97 Å². The third-order valence-electron chi connectivity index (χ3n) is 2.28. The van der Waals surface area contributed by atoms with Crippen molar-refractivity contribution in [3.05, 3.63) is 23.8 Å². The van der Waals surface area contributed by atoms with Crippen LogP contribution in [0.2, 0.25) is 0 Å². The van der Waals surface area contributed by atoms with Crippen LogP contribution < -0.4 is 5.32 Å². The summed E-state index contributed by atoms with van der Waals surface area (Å²) in [5.74, 6) is -1.10. The van der Waals surface area contributed by atoms with E-state index in [-0.39, 0.29) is 29.7 Å². The van der Waals surface area contributed by atoms with E-state index in [4.69, 9.17) is 4.74 Å². The molecule has 5 nitrogen and oxygen atoms in total. The van der Waals surface area contributed by atoms with E-state index >= 15 is 0 Å². The fraction of sp³-hybridized carbons (Fsp3) is 0.385. The van der Waals surface area contributed by atoms with Crippen LogP contribution in [-0.2, 0) is 9.53 Å². The van der Waals surface area contributed by atoms with E-state index < -0.39 is 5.97 Å². The van der Waals surface area contributed by atoms with Crippen LogP contribution in [0.15, 0.2) is 18.2 Å². The molecule has 0 saturated carbocycles. The highest BCUT2D eigenvalue weighted by molar-refractivity contribution is 5.96. The highest BCUT2D eigenvalue weighted by atomic mass is 16.5. The lowest BCUT2D eigenvalue weighted by Crippen LogP contribution is -2.18. The van der Waals surface area contributed by atoms with Crippen molar-refractivity contribution < 1.29 is 19.4 Å². The third-order valence-corrected chi connectivity index (χ3v) is 2.28. The number of phenolic OH excluding ortho intramolecular Hbond substituents is 1. The predicted molar refractivity (Wildman–Crippen MR) is 67.5 cm³/mol. The van der Waals surface area contributed by atoms with E-state index in [1.807, 2.05) is 0 Å². The summed E-state index contributed by atoms with van der Waals surface area (Å²) in [4.78, 5) is 23.1. The molecule has 0 heterocycles. The number of nitrogens with one attached hydrogen (secondary N) is 1. The van der Waals surface area contributed by atoms with E-state index in [0.717, 1.165) is 0 Å². The van der Waals surface area contributed by atoms with Crippen LogP contribution >= 0.6 is 0 Å². The van der Waals surface area contributed by atoms with Crippen LogP contribution in [0.3, 0.4) is 0 Å². The number of anilines is 1. The van der Waals surface area contributed by atoms with Crippen molar-refractivity contribution in [3.8, 4) is 5.75 Å². The van der Waals surface area contributed by atoms with Gasteiger partial charge in [-0.15, -0.1) is 0 Å². The lowest BCUT2D eigenvalue weighted by Gasteiger charge is -2.10. The number of amides is 1. The summed E-state index contributed by atoms with van der Waals surface area (Å²) in [6, 6.07) is 4.27. The Morgan fingerprint density at radius 2 is 2.06 bits per heavy atom. The molecule has 0 atom stereocenters. The minimum absolute atomic E-state index is 0.0402. The number of phenols is 1. The van der Waals surface area contributed by atoms with Crippen LogP contribution in [-0.4, -0.2) is 23.6 Å². The van der Waals surface area contributed by atoms with E-state index in [2.05, 4.69) is 5.32 Å². The van der Waals surface area contributed by atoms with Crippen LogP contribution in [0.4, 0.5) is 5.69 Å². The molecule has 1 rings (SSSR count). The highest BCUT2D eigenvalue weighted by Crippen LogP contribution is 2.22. The van der Waals surface area contributed by atoms with Gasteiger partial charge in [-0.3, -0.25) is 4.79 Å². The number of hydrogen-bond acceptors (Lipinski definition) is 4. The zero-order valence-electron chi connectivity index (χ0n) is 10.7. The fourth-order valence-corrected chi connectivity index (χ4v) is 1.27. The van der Waals surface area contributed by atoms with Crippen molar-refractivity contribution in [3.63, 3.8) is 0 Å². The zero-order valence-corrected chi connectivity index (χ0v) is 10.7. The Bertz CT molecular complexity index is 454. The highest BCUT2D eigenvalue weighted by Gasteiger charge is 2.14. The number of ether oxygens (including phenoxy) is 1. The molecular formula is C13H17NO4. The number of esters is 1. The molecule has 0 fully saturated rings. The number of benzene rings is 1. The van der Waals surface area contributed by atoms with Gasteiger partial charge in [0.1, 0.15) is 11.3 Å². The maximum atomic E-state index is 11.5. The maximum absolute atomic E-state index is 11.5. The minimum Gasteiger partial charge on any atom is -0.507 e. The first-order valence-electron chi connectivity index (χ1n) is 5.76. The zero-order chi connectivity index (χ0) is 13.7. The molecule has 0 radical (unpaired) electrons. The van der Waals surface area contributed by atoms with Crippen LogP contribution in [0.1, 0.15) is 31.1 Å². The molecular weight excluding hydrogens is 234 g/mol. The van der Waals surface area contributed by atoms with E-state index in [1.54, 1.807) is 20.8 Å². The van der Waals surface area contributed by atoms with E-state index in [0.29, 0.717) is 5.69 Å². The molecule has 0 saturated heterocycles. The minimum atomic E-state index is -0.615. The number of carbonyl (C=O) groups is 2. The Kier molecular flexibility index (Phi) is 4.71. The van der Waals surface area contributed by atoms with Gasteiger partial charge in [-0.25, -0.2) is 4.79 Å². The Labute approximate surface area is 106 Å². The lowest BCUT2D eigenvalue weighted by molar-refractivity contribution is -0.118. The summed E-state index contributed by atoms with van der Waals surface area (Å²) in [5.41, 5.74) is 0.493. The topological polar surface area (TPSA) is 75.6 Å². The standard InChI is InChI=1S/C13H17NO4/c1-4-18-13(17)10-7-9(5-6-11(10)15)14-12(16)8(2)3/h5-8,15H,4H2,1-3H3,(H,14,16). The molecule has 1 amide bonds. The van der Waals surface area contributed by atoms with Gasteiger partial charge in [-0.1, -0.05) is 13.8 Å². The van der Waals surface area contributed by atoms with Crippen molar-refractivity contribution in [1.82, 2.24) is 0 Å². The molecule has 98 valence electrons. The molecule has 2 N–H and O–H groups in total. The van der Waals surface area contributed by atoms with Gasteiger partial charge in [0.05, 0.1) is 6.61 Å². The van der Waals surface area contributed by atoms with Crippen molar-refractivity contribution in [2.24, 2.45) is 5.92 Å². The van der Waals surface area contributed by atoms with Gasteiger partial charge in [0.15, 0.2) is 0 Å². The second kappa shape index (κ2) is 6.05. The second-order valence-corrected chi connectivity index (χ2v) is 4.10. The second-order valence-electron chi connectivity index (χ2n) is 4.10. The van der Waals surface area contributed by atoms with Gasteiger partial charge in [0.25, 0.3) is 0 Å². The first-order chi connectivity index (χ1) is 8.45. The molecule has 1 aromatic rings. The van der Waals surface area contributed by atoms with Gasteiger partial charge in [-0.2, -0.15) is 0 Å². The molecule has 18 heavy (non-hydrogen) atoms. The van der Waals surface area contributed by atoms with Crippen molar-refractivity contribution in [2.75, 3.05) is 11.9 Å². The molecule has 0 unspecified atom stereocenters. The Morgan fingerprint density at radius 1 is 1.39 bits per heavy atom. The number of carbonyl (C=O) groups excluding carboxylic acids is 2. The normalized spacial score (nSPS) is 10.2. The molecule has 0 aromatic heterocycles. The van der Waals surface area contributed by atoms with Crippen molar-refractivity contribution in [1.29, 1.82) is 0 Å². The predicted octanol–water partition coefficient (Wildman–Crippen LogP) is 2.16. The summed E-state index contributed by atoms with van der Waals surface area (Å²) in [5, 5.41) is 12.2. The SMILES string of the molecule is CCOC(=O)c1cc(NC(=O)C(C)C)ccc1O. The molecule has 0 spiro atoms. The van der Waals surface area contributed by atoms with Gasteiger partial charge in [-0.05, 0) is 25.1 Å². The third kappa shape index (κ3) is 3.48. The fourth-order valence-electron chi connectivity index (χ4n) is 1.27. The van der Waals surface area contributed by atoms with E-state index in [9.17, 15) is 14.7 Å². The average Bonchev–Trinajstić information content (AvgIpc) is 2.31. The first kappa shape index (κ1) is 14.0. The summed E-state index contributed by atoms with van der Waals surface area (Å²) in [6.45, 7) is 5.43. The average molecular weight is 251 g/mol. The molecule has 0 bridgehead atoms. The summed E-state index contributed by atoms with van der Waals surface area (Å²) >= 11 is 0. The lowest BCUT2D eigenvalue weighted by atomic mass is 10.1. The summed E-state index contributed by atoms with van der Waals surface area (Å²) in [7, 11) is 0. The largest absolute Gasteiger partial charge is 0.507 e. The summed E-state index contributed by atoms with van der Waals surface area (Å²) in [6.07, 6.45) is 0. The smallest absolute Gasteiger partial charge is 0.341 e. The molecule has 0 aliphatic rings. The number of rotatable bonds is 4. The van der Waals surface area contributed by atoms with Crippen molar-refractivity contribution >= 4 is 17.6 Å². The molecule has 0 aliphatic carbocycles. The molecule has 1 aromatic carbocycles. The quantitative estimate of drug-likeness (QED) is 0.635. The molecule has 0 aliphatic heterocycles. The Morgan fingerprint density at radius 3 is 2.61 bits per heavy atom. The summed E-state index contributed by atoms with van der Waals surface area (Å²) < 4.78 is 4.80. The van der Waals surface area contributed by atoms with Gasteiger partial charge in [0.2, 0.25) is 5.91 Å². The van der Waals surface area contributed by atoms with Crippen LogP contribution in [0.5, 0.6) is 5.75 Å². The first-order valence-corrected chi connectivity index (χ1v) is 5.76. The maximum Gasteiger partial charge on any atom is 0.341 e. The van der Waals surface area contributed by atoms with Crippen LogP contribution in [0.25, 0.3) is 0 Å². The van der Waals surface area contributed by atoms with Crippen LogP contribution in [0, 0.1) is 5.92 Å². The van der Waals surface area contributed by atoms with Gasteiger partial charge < -0.3 is 15.2 Å².